The van der Waals surface area contributed by atoms with E-state index in [2.05, 4.69) is 43.8 Å². The Labute approximate surface area is 207 Å². The summed E-state index contributed by atoms with van der Waals surface area (Å²) >= 11 is 0. The average Bonchev–Trinajstić information content (AvgIpc) is 3.14. The molecule has 4 aromatic rings. The van der Waals surface area contributed by atoms with Crippen molar-refractivity contribution in [3.63, 3.8) is 0 Å². The number of ether oxygens (including phenoxy) is 1. The van der Waals surface area contributed by atoms with Crippen molar-refractivity contribution in [3.05, 3.63) is 150 Å². The number of carbonyl (C=O) groups excluding carboxylic acids is 1. The van der Waals surface area contributed by atoms with Crippen molar-refractivity contribution in [1.82, 2.24) is 0 Å². The molecule has 1 aliphatic heterocycles. The summed E-state index contributed by atoms with van der Waals surface area (Å²) in [6.45, 7) is 7.08. The van der Waals surface area contributed by atoms with Crippen molar-refractivity contribution in [1.29, 1.82) is 0 Å². The van der Waals surface area contributed by atoms with Gasteiger partial charge in [-0.1, -0.05) is 109 Å². The molecular formula is C32H29NO2. The first kappa shape index (κ1) is 22.8. The number of carbonyl (C=O) groups is 1. The van der Waals surface area contributed by atoms with Crippen LogP contribution in [0.15, 0.2) is 122 Å². The van der Waals surface area contributed by atoms with E-state index < -0.39 is 11.5 Å². The minimum absolute atomic E-state index is 0.00909. The molecule has 1 heterocycles. The van der Waals surface area contributed by atoms with Gasteiger partial charge in [-0.3, -0.25) is 4.79 Å². The van der Waals surface area contributed by atoms with Gasteiger partial charge in [0.2, 0.25) is 5.91 Å². The normalized spacial score (nSPS) is 17.7. The van der Waals surface area contributed by atoms with Crippen molar-refractivity contribution in [2.75, 3.05) is 4.90 Å². The molecule has 0 aliphatic carbocycles. The van der Waals surface area contributed by atoms with Crippen molar-refractivity contribution in [2.24, 2.45) is 0 Å². The van der Waals surface area contributed by atoms with Crippen LogP contribution in [-0.4, -0.2) is 12.0 Å². The van der Waals surface area contributed by atoms with Gasteiger partial charge in [-0.2, -0.15) is 0 Å². The maximum atomic E-state index is 14.7. The van der Waals surface area contributed by atoms with E-state index in [1.54, 1.807) is 6.08 Å². The number of fused-ring (bicyclic) bond motifs is 1. The molecule has 0 bridgehead atoms. The molecular weight excluding hydrogens is 430 g/mol. The third kappa shape index (κ3) is 3.98. The lowest BCUT2D eigenvalue weighted by molar-refractivity contribution is -0.126. The summed E-state index contributed by atoms with van der Waals surface area (Å²) in [5.41, 5.74) is 4.97. The molecule has 3 heteroatoms. The van der Waals surface area contributed by atoms with E-state index in [1.807, 2.05) is 83.8 Å². The molecule has 0 N–H and O–H groups in total. The van der Waals surface area contributed by atoms with Gasteiger partial charge in [0.15, 0.2) is 0 Å². The number of rotatable bonds is 8. The van der Waals surface area contributed by atoms with Gasteiger partial charge in [0.1, 0.15) is 5.41 Å². The third-order valence-electron chi connectivity index (χ3n) is 6.87. The second-order valence-corrected chi connectivity index (χ2v) is 8.97. The van der Waals surface area contributed by atoms with Crippen molar-refractivity contribution in [2.45, 2.75) is 31.6 Å². The van der Waals surface area contributed by atoms with Crippen LogP contribution in [0.5, 0.6) is 0 Å². The van der Waals surface area contributed by atoms with E-state index in [4.69, 9.17) is 4.74 Å². The molecule has 1 amide bonds. The first-order chi connectivity index (χ1) is 17.2. The Balaban J connectivity index is 1.67. The van der Waals surface area contributed by atoms with E-state index in [-0.39, 0.29) is 5.91 Å². The van der Waals surface area contributed by atoms with Crippen molar-refractivity contribution < 1.29 is 9.53 Å². The number of amides is 1. The van der Waals surface area contributed by atoms with Crippen LogP contribution < -0.4 is 4.90 Å². The quantitative estimate of drug-likeness (QED) is 0.278. The fourth-order valence-electron chi connectivity index (χ4n) is 5.24. The Bertz CT molecular complexity index is 1330. The summed E-state index contributed by atoms with van der Waals surface area (Å²) < 4.78 is 6.53. The molecule has 0 radical (unpaired) electrons. The average molecular weight is 460 g/mol. The Morgan fingerprint density at radius 1 is 0.800 bits per heavy atom. The molecule has 2 atom stereocenters. The molecule has 0 saturated heterocycles. The van der Waals surface area contributed by atoms with Gasteiger partial charge in [0.25, 0.3) is 0 Å². The summed E-state index contributed by atoms with van der Waals surface area (Å²) in [4.78, 5) is 16.6. The van der Waals surface area contributed by atoms with E-state index in [9.17, 15) is 4.79 Å². The molecule has 3 nitrogen and oxygen atoms in total. The maximum absolute atomic E-state index is 14.7. The molecule has 174 valence electrons. The van der Waals surface area contributed by atoms with Gasteiger partial charge in [-0.05, 0) is 40.8 Å². The van der Waals surface area contributed by atoms with Gasteiger partial charge in [-0.15, -0.1) is 6.58 Å². The Morgan fingerprint density at radius 3 is 2.03 bits per heavy atom. The lowest BCUT2D eigenvalue weighted by Crippen LogP contribution is -2.50. The van der Waals surface area contributed by atoms with Crippen LogP contribution >= 0.6 is 0 Å². The van der Waals surface area contributed by atoms with Gasteiger partial charge in [0.05, 0.1) is 19.3 Å². The monoisotopic (exact) mass is 459 g/mol. The molecule has 0 unspecified atom stereocenters. The molecule has 35 heavy (non-hydrogen) atoms. The van der Waals surface area contributed by atoms with Crippen LogP contribution in [0.3, 0.4) is 0 Å². The zero-order valence-corrected chi connectivity index (χ0v) is 19.9. The fraction of sp³-hybridized carbons (Fsp3) is 0.156. The lowest BCUT2D eigenvalue weighted by atomic mass is 9.69. The smallest absolute Gasteiger partial charge is 0.245 e. The highest BCUT2D eigenvalue weighted by Crippen LogP contribution is 2.51. The zero-order valence-electron chi connectivity index (χ0n) is 19.9. The zero-order chi connectivity index (χ0) is 24.3. The summed E-state index contributed by atoms with van der Waals surface area (Å²) in [5, 5.41) is 0. The Hall–Kier alpha value is -3.95. The van der Waals surface area contributed by atoms with Crippen LogP contribution in [-0.2, 0) is 28.1 Å². The third-order valence-corrected chi connectivity index (χ3v) is 6.87. The first-order valence-corrected chi connectivity index (χ1v) is 12.0. The predicted octanol–water partition coefficient (Wildman–Crippen LogP) is 6.60. The highest BCUT2D eigenvalue weighted by atomic mass is 16.5. The molecule has 4 aromatic carbocycles. The molecule has 0 aromatic heterocycles. The van der Waals surface area contributed by atoms with Gasteiger partial charge >= 0.3 is 0 Å². The number of hydrogen-bond acceptors (Lipinski definition) is 2. The first-order valence-electron chi connectivity index (χ1n) is 12.0. The number of hydrogen-bond donors (Lipinski definition) is 0. The number of para-hydroxylation sites is 1. The van der Waals surface area contributed by atoms with Crippen LogP contribution in [0.4, 0.5) is 5.69 Å². The summed E-state index contributed by atoms with van der Waals surface area (Å²) in [5.74, 6) is 0.00909. The van der Waals surface area contributed by atoms with E-state index in [0.717, 1.165) is 33.5 Å². The van der Waals surface area contributed by atoms with Crippen LogP contribution in [0.1, 0.15) is 27.8 Å². The number of aryl methyl sites for hydroxylation is 1. The molecule has 0 saturated carbocycles. The second kappa shape index (κ2) is 9.73. The van der Waals surface area contributed by atoms with E-state index in [0.29, 0.717) is 13.2 Å². The number of benzene rings is 4. The van der Waals surface area contributed by atoms with Crippen LogP contribution in [0.2, 0.25) is 0 Å². The van der Waals surface area contributed by atoms with Gasteiger partial charge in [-0.25, -0.2) is 0 Å². The number of nitrogens with zero attached hydrogens (tertiary/aromatic N) is 1. The molecule has 1 aliphatic rings. The molecule has 0 fully saturated rings. The topological polar surface area (TPSA) is 29.5 Å². The molecule has 0 spiro atoms. The highest BCUT2D eigenvalue weighted by molar-refractivity contribution is 6.11. The summed E-state index contributed by atoms with van der Waals surface area (Å²) in [7, 11) is 0. The number of anilines is 1. The SMILES string of the molecule is C=C[C@@H](OCc1ccccc1)[C@]1(c2ccccc2C)C(=O)N(Cc2ccccc2)c2ccccc21. The van der Waals surface area contributed by atoms with E-state index >= 15 is 0 Å². The maximum Gasteiger partial charge on any atom is 0.245 e. The second-order valence-electron chi connectivity index (χ2n) is 8.97. The van der Waals surface area contributed by atoms with E-state index in [1.165, 1.54) is 0 Å². The predicted molar refractivity (Wildman–Crippen MR) is 141 cm³/mol. The van der Waals surface area contributed by atoms with Gasteiger partial charge in [0, 0.05) is 5.69 Å². The van der Waals surface area contributed by atoms with Crippen molar-refractivity contribution >= 4 is 11.6 Å². The van der Waals surface area contributed by atoms with Gasteiger partial charge < -0.3 is 9.64 Å². The molecule has 5 rings (SSSR count). The Morgan fingerprint density at radius 2 is 1.37 bits per heavy atom. The highest BCUT2D eigenvalue weighted by Gasteiger charge is 2.57. The summed E-state index contributed by atoms with van der Waals surface area (Å²) in [6, 6.07) is 36.4. The minimum Gasteiger partial charge on any atom is -0.368 e. The summed E-state index contributed by atoms with van der Waals surface area (Å²) in [6.07, 6.45) is 1.23. The standard InChI is InChI=1S/C32H29NO2/c1-3-30(35-23-26-17-8-5-9-18-26)32(27-19-11-10-14-24(27)2)28-20-12-13-21-29(28)33(31(32)34)22-25-15-6-4-7-16-25/h3-21,30H,1,22-23H2,2H3/t30-,32-/m1/s1. The Kier molecular flexibility index (Phi) is 6.35. The minimum atomic E-state index is -1.03. The van der Waals surface area contributed by atoms with Crippen LogP contribution in [0, 0.1) is 6.92 Å². The van der Waals surface area contributed by atoms with Crippen molar-refractivity contribution in [3.8, 4) is 0 Å². The lowest BCUT2D eigenvalue weighted by Gasteiger charge is -2.36. The largest absolute Gasteiger partial charge is 0.368 e. The fourth-order valence-corrected chi connectivity index (χ4v) is 5.24. The van der Waals surface area contributed by atoms with Crippen LogP contribution in [0.25, 0.3) is 0 Å².